The van der Waals surface area contributed by atoms with Crippen LogP contribution in [0.1, 0.15) is 11.1 Å². The molecule has 4 amide bonds. The van der Waals surface area contributed by atoms with Crippen LogP contribution >= 0.6 is 34.2 Å². The Morgan fingerprint density at radius 1 is 1.06 bits per heavy atom. The first-order valence-electron chi connectivity index (χ1n) is 10.2. The molecule has 0 aliphatic carbocycles. The SMILES string of the molecule is COc1cc(/C=C2\C(=O)NC(=O)N(c3ccc(O)cc3)C2=O)cc(I)c1OCc1ccc(Cl)cc1. The molecule has 0 aromatic heterocycles. The van der Waals surface area contributed by atoms with Gasteiger partial charge in [-0.25, -0.2) is 9.69 Å². The van der Waals surface area contributed by atoms with Crippen molar-refractivity contribution in [3.63, 3.8) is 0 Å². The van der Waals surface area contributed by atoms with Crippen LogP contribution in [-0.2, 0) is 16.2 Å². The van der Waals surface area contributed by atoms with Crippen molar-refractivity contribution in [1.82, 2.24) is 5.32 Å². The first-order valence-corrected chi connectivity index (χ1v) is 11.7. The molecular formula is C25H18ClIN2O6. The highest BCUT2D eigenvalue weighted by Crippen LogP contribution is 2.35. The summed E-state index contributed by atoms with van der Waals surface area (Å²) < 4.78 is 12.1. The van der Waals surface area contributed by atoms with Crippen molar-refractivity contribution < 1.29 is 29.0 Å². The van der Waals surface area contributed by atoms with E-state index >= 15 is 0 Å². The average molecular weight is 605 g/mol. The molecule has 1 aliphatic heterocycles. The number of barbiturate groups is 1. The van der Waals surface area contributed by atoms with Crippen LogP contribution in [0.4, 0.5) is 10.5 Å². The third-order valence-corrected chi connectivity index (χ3v) is 6.12. The lowest BCUT2D eigenvalue weighted by Gasteiger charge is -2.26. The zero-order valence-electron chi connectivity index (χ0n) is 18.2. The van der Waals surface area contributed by atoms with Crippen LogP contribution in [0.5, 0.6) is 17.2 Å². The number of nitrogens with one attached hydrogen (secondary N) is 1. The highest BCUT2D eigenvalue weighted by molar-refractivity contribution is 14.1. The van der Waals surface area contributed by atoms with Gasteiger partial charge in [0.05, 0.1) is 16.4 Å². The molecule has 1 saturated heterocycles. The van der Waals surface area contributed by atoms with Crippen molar-refractivity contribution >= 4 is 63.8 Å². The molecule has 1 fully saturated rings. The van der Waals surface area contributed by atoms with Crippen LogP contribution < -0.4 is 19.7 Å². The van der Waals surface area contributed by atoms with E-state index in [4.69, 9.17) is 21.1 Å². The summed E-state index contributed by atoms with van der Waals surface area (Å²) in [6.07, 6.45) is 1.38. The molecule has 0 spiro atoms. The lowest BCUT2D eigenvalue weighted by atomic mass is 10.1. The molecule has 3 aromatic rings. The van der Waals surface area contributed by atoms with Gasteiger partial charge >= 0.3 is 6.03 Å². The maximum atomic E-state index is 13.1. The fourth-order valence-electron chi connectivity index (χ4n) is 3.36. The maximum Gasteiger partial charge on any atom is 0.335 e. The van der Waals surface area contributed by atoms with Crippen molar-refractivity contribution in [2.75, 3.05) is 12.0 Å². The van der Waals surface area contributed by atoms with Gasteiger partial charge in [0.25, 0.3) is 11.8 Å². The van der Waals surface area contributed by atoms with Gasteiger partial charge in [-0.2, -0.15) is 0 Å². The molecule has 178 valence electrons. The number of phenolic OH excluding ortho intramolecular Hbond substituents is 1. The van der Waals surface area contributed by atoms with Gasteiger partial charge in [-0.05, 0) is 88.3 Å². The zero-order chi connectivity index (χ0) is 25.1. The minimum atomic E-state index is -0.874. The number of halogens is 2. The van der Waals surface area contributed by atoms with Gasteiger partial charge in [-0.3, -0.25) is 14.9 Å². The van der Waals surface area contributed by atoms with E-state index in [1.807, 2.05) is 12.1 Å². The number of imide groups is 2. The van der Waals surface area contributed by atoms with Gasteiger partial charge in [-0.15, -0.1) is 0 Å². The van der Waals surface area contributed by atoms with Crippen LogP contribution in [0.25, 0.3) is 6.08 Å². The summed E-state index contributed by atoms with van der Waals surface area (Å²) in [5.41, 5.74) is 1.40. The normalized spacial score (nSPS) is 14.8. The van der Waals surface area contributed by atoms with E-state index in [0.717, 1.165) is 10.5 Å². The van der Waals surface area contributed by atoms with Crippen molar-refractivity contribution in [2.45, 2.75) is 6.61 Å². The average Bonchev–Trinajstić information content (AvgIpc) is 2.83. The van der Waals surface area contributed by atoms with Gasteiger partial charge in [0, 0.05) is 5.02 Å². The molecule has 1 heterocycles. The van der Waals surface area contributed by atoms with Crippen LogP contribution in [0.2, 0.25) is 5.02 Å². The molecule has 10 heteroatoms. The molecule has 0 unspecified atom stereocenters. The Morgan fingerprint density at radius 3 is 2.40 bits per heavy atom. The number of methoxy groups -OCH3 is 1. The molecule has 0 bridgehead atoms. The molecule has 35 heavy (non-hydrogen) atoms. The largest absolute Gasteiger partial charge is 0.508 e. The predicted molar refractivity (Wildman–Crippen MR) is 139 cm³/mol. The van der Waals surface area contributed by atoms with E-state index in [-0.39, 0.29) is 23.6 Å². The third-order valence-electron chi connectivity index (χ3n) is 5.07. The van der Waals surface area contributed by atoms with Crippen LogP contribution in [0.3, 0.4) is 0 Å². The quantitative estimate of drug-likeness (QED) is 0.236. The van der Waals surface area contributed by atoms with Crippen molar-refractivity contribution in [3.8, 4) is 17.2 Å². The molecule has 0 saturated carbocycles. The molecule has 0 radical (unpaired) electrons. The lowest BCUT2D eigenvalue weighted by molar-refractivity contribution is -0.122. The molecule has 3 aromatic carbocycles. The number of amides is 4. The van der Waals surface area contributed by atoms with E-state index in [2.05, 4.69) is 27.9 Å². The highest BCUT2D eigenvalue weighted by atomic mass is 127. The van der Waals surface area contributed by atoms with Gasteiger partial charge in [-0.1, -0.05) is 23.7 Å². The second-order valence-corrected chi connectivity index (χ2v) is 9.02. The molecule has 1 aliphatic rings. The summed E-state index contributed by atoms with van der Waals surface area (Å²) in [7, 11) is 1.49. The first kappa shape index (κ1) is 24.6. The lowest BCUT2D eigenvalue weighted by Crippen LogP contribution is -2.54. The van der Waals surface area contributed by atoms with Gasteiger partial charge < -0.3 is 14.6 Å². The van der Waals surface area contributed by atoms with Crippen LogP contribution in [0.15, 0.2) is 66.2 Å². The molecule has 2 N–H and O–H groups in total. The monoisotopic (exact) mass is 604 g/mol. The van der Waals surface area contributed by atoms with Crippen molar-refractivity contribution in [1.29, 1.82) is 0 Å². The van der Waals surface area contributed by atoms with E-state index in [1.165, 1.54) is 37.5 Å². The fraction of sp³-hybridized carbons (Fsp3) is 0.0800. The minimum absolute atomic E-state index is 0.0227. The first-order chi connectivity index (χ1) is 16.8. The Morgan fingerprint density at radius 2 is 1.74 bits per heavy atom. The molecule has 0 atom stereocenters. The molecule has 8 nitrogen and oxygen atoms in total. The third kappa shape index (κ3) is 5.41. The summed E-state index contributed by atoms with van der Waals surface area (Å²) in [5.74, 6) is -0.711. The number of nitrogens with zero attached hydrogens (tertiary/aromatic N) is 1. The number of carbonyl (C=O) groups excluding carboxylic acids is 3. The number of hydrogen-bond donors (Lipinski definition) is 2. The Balaban J connectivity index is 1.63. The number of anilines is 1. The second kappa shape index (κ2) is 10.4. The van der Waals surface area contributed by atoms with Crippen molar-refractivity contribution in [2.24, 2.45) is 0 Å². The Bertz CT molecular complexity index is 1340. The summed E-state index contributed by atoms with van der Waals surface area (Å²) >= 11 is 8.00. The van der Waals surface area contributed by atoms with E-state index in [9.17, 15) is 19.5 Å². The predicted octanol–water partition coefficient (Wildman–Crippen LogP) is 4.90. The Kier molecular flexibility index (Phi) is 7.27. The van der Waals surface area contributed by atoms with Gasteiger partial charge in [0.2, 0.25) is 0 Å². The standard InChI is InChI=1S/C25H18ClIN2O6/c1-34-21-12-15(11-20(27)22(21)35-13-14-2-4-16(26)5-3-14)10-19-23(31)28-25(33)29(24(19)32)17-6-8-18(30)9-7-17/h2-12,30H,13H2,1H3,(H,28,31,33)/b19-10+. The summed E-state index contributed by atoms with van der Waals surface area (Å²) in [5, 5.41) is 12.3. The highest BCUT2D eigenvalue weighted by Gasteiger charge is 2.36. The molecular weight excluding hydrogens is 587 g/mol. The Hall–Kier alpha value is -3.57. The van der Waals surface area contributed by atoms with Crippen LogP contribution in [-0.4, -0.2) is 30.1 Å². The Labute approximate surface area is 219 Å². The number of urea groups is 1. The summed E-state index contributed by atoms with van der Waals surface area (Å²) in [6.45, 7) is 0.286. The van der Waals surface area contributed by atoms with Gasteiger partial charge in [0.15, 0.2) is 11.5 Å². The van der Waals surface area contributed by atoms with E-state index in [1.54, 1.807) is 24.3 Å². The number of aromatic hydroxyl groups is 1. The zero-order valence-corrected chi connectivity index (χ0v) is 21.2. The second-order valence-electron chi connectivity index (χ2n) is 7.42. The number of ether oxygens (including phenoxy) is 2. The van der Waals surface area contributed by atoms with Gasteiger partial charge in [0.1, 0.15) is 17.9 Å². The van der Waals surface area contributed by atoms with Crippen LogP contribution in [0, 0.1) is 3.57 Å². The number of phenols is 1. The number of benzene rings is 3. The van der Waals surface area contributed by atoms with Crippen molar-refractivity contribution in [3.05, 3.63) is 86.0 Å². The summed E-state index contributed by atoms with van der Waals surface area (Å²) in [6, 6.07) is 15.2. The maximum absolute atomic E-state index is 13.1. The molecule has 4 rings (SSSR count). The summed E-state index contributed by atoms with van der Waals surface area (Å²) in [4.78, 5) is 38.7. The number of rotatable bonds is 6. The number of hydrogen-bond acceptors (Lipinski definition) is 6. The van der Waals surface area contributed by atoms with E-state index < -0.39 is 17.8 Å². The topological polar surface area (TPSA) is 105 Å². The number of carbonyl (C=O) groups is 3. The van der Waals surface area contributed by atoms with E-state index in [0.29, 0.717) is 25.7 Å². The fourth-order valence-corrected chi connectivity index (χ4v) is 4.27. The smallest absolute Gasteiger partial charge is 0.335 e. The minimum Gasteiger partial charge on any atom is -0.508 e.